The number of halogens is 4. The Hall–Kier alpha value is -10.1. The molecule has 7 rings (SSSR count). The molecule has 0 aliphatic rings. The SMILES string of the molecule is CC(C)(C)OC(=O)Nc1cc(C(=O)NCc2ccc(F)cc2)ncn1.COC(=O)c1cc(C(=O)OC)ncn1.Cl.Nc1cc(C(=O)NCc2ccc(F)cc2)ncn1.O=C(O)c1cc(C(=O)NCc2ccc(F)cc2)ncn1. The first-order valence-electron chi connectivity index (χ1n) is 22.1. The highest BCUT2D eigenvalue weighted by Gasteiger charge is 2.18. The van der Waals surface area contributed by atoms with E-state index in [-0.39, 0.29) is 94.7 Å². The minimum atomic E-state index is -1.24. The van der Waals surface area contributed by atoms with Crippen molar-refractivity contribution in [2.45, 2.75) is 46.0 Å². The Balaban J connectivity index is 0.000000278. The van der Waals surface area contributed by atoms with Gasteiger partial charge in [0.15, 0.2) is 17.1 Å². The number of carboxylic acid groups (broad SMARTS) is 1. The normalized spacial score (nSPS) is 10.1. The van der Waals surface area contributed by atoms with Crippen molar-refractivity contribution < 1.29 is 66.1 Å². The molecule has 0 radical (unpaired) electrons. The van der Waals surface area contributed by atoms with Gasteiger partial charge in [0.1, 0.15) is 77.1 Å². The van der Waals surface area contributed by atoms with Gasteiger partial charge >= 0.3 is 24.0 Å². The lowest BCUT2D eigenvalue weighted by Crippen LogP contribution is -2.28. The quantitative estimate of drug-likeness (QED) is 0.0592. The molecule has 3 aromatic carbocycles. The summed E-state index contributed by atoms with van der Waals surface area (Å²) in [6.07, 6.45) is 3.82. The Morgan fingerprint density at radius 3 is 1.21 bits per heavy atom. The van der Waals surface area contributed by atoms with E-state index in [0.717, 1.165) is 29.8 Å². The fourth-order valence-electron chi connectivity index (χ4n) is 5.47. The zero-order valence-corrected chi connectivity index (χ0v) is 42.7. The summed E-state index contributed by atoms with van der Waals surface area (Å²) in [6, 6.07) is 22.3. The number of benzene rings is 3. The average Bonchev–Trinajstić information content (AvgIpc) is 3.42. The van der Waals surface area contributed by atoms with E-state index < -0.39 is 41.4 Å². The number of nitrogens with zero attached hydrogens (tertiary/aromatic N) is 8. The van der Waals surface area contributed by atoms with Crippen LogP contribution in [0.25, 0.3) is 0 Å². The van der Waals surface area contributed by atoms with Gasteiger partial charge in [-0.2, -0.15) is 0 Å². The number of aromatic nitrogens is 8. The molecule has 4 heterocycles. The van der Waals surface area contributed by atoms with Gasteiger partial charge in [-0.3, -0.25) is 19.7 Å². The fourth-order valence-corrected chi connectivity index (χ4v) is 5.47. The van der Waals surface area contributed by atoms with Gasteiger partial charge in [-0.25, -0.2) is 72.2 Å². The second-order valence-corrected chi connectivity index (χ2v) is 16.0. The van der Waals surface area contributed by atoms with Crippen molar-refractivity contribution in [2.75, 3.05) is 25.3 Å². The lowest BCUT2D eigenvalue weighted by atomic mass is 10.2. The van der Waals surface area contributed by atoms with Crippen LogP contribution in [-0.2, 0) is 33.8 Å². The van der Waals surface area contributed by atoms with E-state index in [1.807, 2.05) is 0 Å². The average molecular weight is 1100 g/mol. The number of amides is 4. The third kappa shape index (κ3) is 22.2. The second-order valence-electron chi connectivity index (χ2n) is 16.0. The number of anilines is 2. The molecule has 7 N–H and O–H groups in total. The molecule has 78 heavy (non-hydrogen) atoms. The molecule has 0 aliphatic carbocycles. The van der Waals surface area contributed by atoms with E-state index in [1.165, 1.54) is 93.6 Å². The van der Waals surface area contributed by atoms with Gasteiger partial charge in [-0.05, 0) is 73.9 Å². The number of rotatable bonds is 13. The fraction of sp³-hybridized carbons (Fsp3) is 0.180. The molecule has 0 bridgehead atoms. The lowest BCUT2D eigenvalue weighted by Gasteiger charge is -2.19. The van der Waals surface area contributed by atoms with Gasteiger partial charge < -0.3 is 41.0 Å². The first-order chi connectivity index (χ1) is 36.6. The van der Waals surface area contributed by atoms with Gasteiger partial charge in [0, 0.05) is 43.9 Å². The Labute approximate surface area is 448 Å². The predicted molar refractivity (Wildman–Crippen MR) is 272 cm³/mol. The van der Waals surface area contributed by atoms with Crippen molar-refractivity contribution in [1.82, 2.24) is 55.8 Å². The van der Waals surface area contributed by atoms with E-state index >= 15 is 0 Å². The topological polar surface area (TPSA) is 345 Å². The Kier molecular flexibility index (Phi) is 24.7. The van der Waals surface area contributed by atoms with Crippen LogP contribution in [0.4, 0.5) is 29.6 Å². The third-order valence-electron chi connectivity index (χ3n) is 9.12. The van der Waals surface area contributed by atoms with Crippen LogP contribution in [0.2, 0.25) is 0 Å². The zero-order valence-electron chi connectivity index (χ0n) is 41.9. The molecule has 4 aromatic heterocycles. The first kappa shape index (κ1) is 62.2. The molecule has 28 heteroatoms. The number of hydrogen-bond acceptors (Lipinski definition) is 19. The van der Waals surface area contributed by atoms with E-state index in [4.69, 9.17) is 15.6 Å². The molecular formula is C50H49ClF3N13O11. The summed E-state index contributed by atoms with van der Waals surface area (Å²) in [5, 5.41) is 19.1. The Morgan fingerprint density at radius 2 is 0.833 bits per heavy atom. The van der Waals surface area contributed by atoms with Crippen LogP contribution in [0.5, 0.6) is 0 Å². The highest BCUT2D eigenvalue weighted by atomic mass is 35.5. The van der Waals surface area contributed by atoms with Crippen molar-refractivity contribution in [2.24, 2.45) is 0 Å². The molecule has 0 unspecified atom stereocenters. The van der Waals surface area contributed by atoms with Crippen LogP contribution in [0, 0.1) is 17.5 Å². The summed E-state index contributed by atoms with van der Waals surface area (Å²) in [5.74, 6) is -4.45. The van der Waals surface area contributed by atoms with E-state index in [2.05, 4.69) is 70.6 Å². The molecule has 4 amide bonds. The molecule has 0 aliphatic heterocycles. The predicted octanol–water partition coefficient (Wildman–Crippen LogP) is 5.74. The lowest BCUT2D eigenvalue weighted by molar-refractivity contribution is 0.0584. The van der Waals surface area contributed by atoms with Gasteiger partial charge in [-0.15, -0.1) is 12.4 Å². The summed E-state index contributed by atoms with van der Waals surface area (Å²) in [6.45, 7) is 5.91. The standard InChI is InChI=1S/C17H19FN4O3.C13H10FN3O3.C12H11FN4O.C8H8N2O4.ClH/c1-17(2,3)25-16(24)22-14-8-13(20-10-21-14)15(23)19-9-11-4-6-12(18)7-5-11;14-9-3-1-8(2-4-9)6-15-12(18)10-5-11(13(19)20)17-7-16-10;13-9-3-1-8(2-4-9)6-15-12(18)10-5-11(14)17-7-16-10;1-13-7(11)5-3-6(8(12)14-2)10-4-9-5;/h4-8,10H,9H2,1-3H3,(H,19,23)(H,20,21,22,24);1-5,7H,6H2,(H,15,18)(H,19,20);1-5,7H,6H2,(H,15,18)(H2,14,16,17);3-4H,1-2H3;1H. The van der Waals surface area contributed by atoms with Crippen molar-refractivity contribution in [3.05, 3.63) is 191 Å². The van der Waals surface area contributed by atoms with E-state index in [0.29, 0.717) is 12.1 Å². The largest absolute Gasteiger partial charge is 0.477 e. The molecule has 7 aromatic rings. The molecule has 408 valence electrons. The first-order valence-corrected chi connectivity index (χ1v) is 22.1. The molecular weight excluding hydrogens is 1050 g/mol. The number of aromatic carboxylic acids is 1. The van der Waals surface area contributed by atoms with Crippen molar-refractivity contribution in [1.29, 1.82) is 0 Å². The summed E-state index contributed by atoms with van der Waals surface area (Å²) in [7, 11) is 2.45. The smallest absolute Gasteiger partial charge is 0.413 e. The van der Waals surface area contributed by atoms with E-state index in [1.54, 1.807) is 45.0 Å². The molecule has 0 saturated carbocycles. The monoisotopic (exact) mass is 1100 g/mol. The maximum Gasteiger partial charge on any atom is 0.413 e. The zero-order chi connectivity index (χ0) is 56.5. The highest BCUT2D eigenvalue weighted by molar-refractivity contribution is 5.96. The van der Waals surface area contributed by atoms with Gasteiger partial charge in [0.2, 0.25) is 0 Å². The highest BCUT2D eigenvalue weighted by Crippen LogP contribution is 2.12. The van der Waals surface area contributed by atoms with Gasteiger partial charge in [-0.1, -0.05) is 36.4 Å². The second kappa shape index (κ2) is 31.0. The maximum absolute atomic E-state index is 12.9. The van der Waals surface area contributed by atoms with Crippen molar-refractivity contribution >= 4 is 65.8 Å². The summed E-state index contributed by atoms with van der Waals surface area (Å²) >= 11 is 0. The number of nitrogens with two attached hydrogens (primary N) is 1. The van der Waals surface area contributed by atoms with Crippen molar-refractivity contribution in [3.8, 4) is 0 Å². The number of hydrogen-bond donors (Lipinski definition) is 6. The van der Waals surface area contributed by atoms with Crippen LogP contribution in [0.3, 0.4) is 0 Å². The molecule has 0 saturated heterocycles. The number of nitrogen functional groups attached to an aromatic ring is 1. The summed E-state index contributed by atoms with van der Waals surface area (Å²) < 4.78 is 52.2. The molecule has 0 atom stereocenters. The Bertz CT molecular complexity index is 3130. The van der Waals surface area contributed by atoms with E-state index in [9.17, 15) is 46.7 Å². The number of carboxylic acids is 1. The number of carbonyl (C=O) groups excluding carboxylic acids is 6. The number of nitrogens with one attached hydrogen (secondary N) is 4. The third-order valence-corrected chi connectivity index (χ3v) is 9.12. The van der Waals surface area contributed by atoms with Crippen LogP contribution >= 0.6 is 12.4 Å². The minimum Gasteiger partial charge on any atom is -0.477 e. The molecule has 0 spiro atoms. The number of esters is 2. The molecule has 24 nitrogen and oxygen atoms in total. The van der Waals surface area contributed by atoms with Crippen LogP contribution in [-0.4, -0.2) is 107 Å². The number of methoxy groups -OCH3 is 2. The summed E-state index contributed by atoms with van der Waals surface area (Å²) in [5.41, 5.74) is 7.08. The molecule has 0 fully saturated rings. The van der Waals surface area contributed by atoms with Gasteiger partial charge in [0.25, 0.3) is 17.7 Å². The maximum atomic E-state index is 12.9. The van der Waals surface area contributed by atoms with Crippen LogP contribution in [0.15, 0.2) is 122 Å². The number of carbonyl (C=O) groups is 7. The van der Waals surface area contributed by atoms with Gasteiger partial charge in [0.05, 0.1) is 14.2 Å². The minimum absolute atomic E-state index is 0. The van der Waals surface area contributed by atoms with Crippen LogP contribution in [0.1, 0.15) is 100 Å². The number of ether oxygens (including phenoxy) is 3. The van der Waals surface area contributed by atoms with Crippen LogP contribution < -0.4 is 27.0 Å². The summed E-state index contributed by atoms with van der Waals surface area (Å²) in [4.78, 5) is 110. The Morgan fingerprint density at radius 1 is 0.500 bits per heavy atom. The van der Waals surface area contributed by atoms with Crippen molar-refractivity contribution in [3.63, 3.8) is 0 Å².